The Hall–Kier alpha value is -1.52. The molecule has 2 N–H and O–H groups in total. The molecule has 2 rings (SSSR count). The van der Waals surface area contributed by atoms with E-state index >= 15 is 0 Å². The summed E-state index contributed by atoms with van der Waals surface area (Å²) < 4.78 is 1.06. The lowest BCUT2D eigenvalue weighted by atomic mass is 10.1. The molecule has 0 fully saturated rings. The van der Waals surface area contributed by atoms with Gasteiger partial charge < -0.3 is 10.6 Å². The van der Waals surface area contributed by atoms with Gasteiger partial charge in [0.25, 0.3) is 0 Å². The summed E-state index contributed by atoms with van der Waals surface area (Å²) in [7, 11) is 0. The van der Waals surface area contributed by atoms with Crippen LogP contribution in [0.15, 0.2) is 46.9 Å². The van der Waals surface area contributed by atoms with Crippen LogP contribution in [0.3, 0.4) is 0 Å². The summed E-state index contributed by atoms with van der Waals surface area (Å²) in [5.74, 6) is 0.0567. The van der Waals surface area contributed by atoms with Gasteiger partial charge in [0.05, 0.1) is 0 Å². The van der Waals surface area contributed by atoms with E-state index in [0.29, 0.717) is 19.5 Å². The lowest BCUT2D eigenvalue weighted by Crippen LogP contribution is -2.27. The third-order valence-electron chi connectivity index (χ3n) is 3.51. The predicted molar refractivity (Wildman–Crippen MR) is 100 cm³/mol. The fourth-order valence-electron chi connectivity index (χ4n) is 2.22. The predicted octanol–water partition coefficient (Wildman–Crippen LogP) is 4.57. The molecule has 0 aliphatic carbocycles. The van der Waals surface area contributed by atoms with E-state index in [0.717, 1.165) is 27.2 Å². The molecular formula is C18H20BrClN2O. The SMILES string of the molecule is Cc1cc(Br)ccc1NCCC(=O)NCCc1ccc(Cl)cc1. The second-order valence-electron chi connectivity index (χ2n) is 5.36. The molecule has 1 amide bonds. The topological polar surface area (TPSA) is 41.1 Å². The first-order chi connectivity index (χ1) is 11.0. The van der Waals surface area contributed by atoms with Crippen molar-refractivity contribution in [3.8, 4) is 0 Å². The van der Waals surface area contributed by atoms with Crippen LogP contribution in [0.5, 0.6) is 0 Å². The summed E-state index contributed by atoms with van der Waals surface area (Å²) in [6, 6.07) is 13.7. The van der Waals surface area contributed by atoms with Crippen LogP contribution >= 0.6 is 27.5 Å². The number of amides is 1. The van der Waals surface area contributed by atoms with E-state index in [2.05, 4.69) is 32.6 Å². The van der Waals surface area contributed by atoms with Crippen LogP contribution < -0.4 is 10.6 Å². The number of hydrogen-bond acceptors (Lipinski definition) is 2. The molecule has 0 radical (unpaired) electrons. The number of carbonyl (C=O) groups is 1. The van der Waals surface area contributed by atoms with Crippen LogP contribution in [-0.2, 0) is 11.2 Å². The first kappa shape index (κ1) is 17.8. The standard InChI is InChI=1S/C18H20BrClN2O/c1-13-12-15(19)4-7-17(13)21-11-9-18(23)22-10-8-14-2-5-16(20)6-3-14/h2-7,12,21H,8-11H2,1H3,(H,22,23). The molecule has 2 aromatic carbocycles. The Morgan fingerprint density at radius 1 is 1.13 bits per heavy atom. The Kier molecular flexibility index (Phi) is 6.93. The maximum Gasteiger partial charge on any atom is 0.221 e. The van der Waals surface area contributed by atoms with Crippen LogP contribution in [0.2, 0.25) is 5.02 Å². The van der Waals surface area contributed by atoms with Gasteiger partial charge in [-0.2, -0.15) is 0 Å². The number of carbonyl (C=O) groups excluding carboxylic acids is 1. The minimum atomic E-state index is 0.0567. The second-order valence-corrected chi connectivity index (χ2v) is 6.71. The second kappa shape index (κ2) is 8.94. The highest BCUT2D eigenvalue weighted by molar-refractivity contribution is 9.10. The number of hydrogen-bond donors (Lipinski definition) is 2. The van der Waals surface area contributed by atoms with Gasteiger partial charge >= 0.3 is 0 Å². The average molecular weight is 396 g/mol. The van der Waals surface area contributed by atoms with Crippen molar-refractivity contribution >= 4 is 39.1 Å². The Morgan fingerprint density at radius 3 is 2.57 bits per heavy atom. The summed E-state index contributed by atoms with van der Waals surface area (Å²) in [5.41, 5.74) is 3.38. The van der Waals surface area contributed by atoms with Crippen molar-refractivity contribution in [2.45, 2.75) is 19.8 Å². The molecule has 0 saturated heterocycles. The molecule has 0 aliphatic rings. The van der Waals surface area contributed by atoms with Crippen molar-refractivity contribution in [1.29, 1.82) is 0 Å². The highest BCUT2D eigenvalue weighted by Gasteiger charge is 2.03. The normalized spacial score (nSPS) is 10.4. The molecule has 0 atom stereocenters. The minimum absolute atomic E-state index is 0.0567. The van der Waals surface area contributed by atoms with Crippen LogP contribution in [0.25, 0.3) is 0 Å². The van der Waals surface area contributed by atoms with Gasteiger partial charge in [-0.1, -0.05) is 39.7 Å². The minimum Gasteiger partial charge on any atom is -0.384 e. The number of anilines is 1. The molecule has 0 heterocycles. The van der Waals surface area contributed by atoms with E-state index in [1.165, 1.54) is 5.56 Å². The third-order valence-corrected chi connectivity index (χ3v) is 4.25. The fraction of sp³-hybridized carbons (Fsp3) is 0.278. The Morgan fingerprint density at radius 2 is 1.87 bits per heavy atom. The highest BCUT2D eigenvalue weighted by atomic mass is 79.9. The van der Waals surface area contributed by atoms with Crippen molar-refractivity contribution in [2.75, 3.05) is 18.4 Å². The molecule has 5 heteroatoms. The zero-order chi connectivity index (χ0) is 16.7. The van der Waals surface area contributed by atoms with Gasteiger partial charge in [0.15, 0.2) is 0 Å². The zero-order valence-electron chi connectivity index (χ0n) is 13.0. The first-order valence-electron chi connectivity index (χ1n) is 7.56. The van der Waals surface area contributed by atoms with E-state index < -0.39 is 0 Å². The van der Waals surface area contributed by atoms with Gasteiger partial charge in [-0.05, 0) is 54.8 Å². The molecule has 122 valence electrons. The molecule has 0 unspecified atom stereocenters. The van der Waals surface area contributed by atoms with Gasteiger partial charge in [0.1, 0.15) is 0 Å². The average Bonchev–Trinajstić information content (AvgIpc) is 2.51. The molecule has 0 spiro atoms. The smallest absolute Gasteiger partial charge is 0.221 e. The van der Waals surface area contributed by atoms with Crippen molar-refractivity contribution < 1.29 is 4.79 Å². The van der Waals surface area contributed by atoms with Crippen molar-refractivity contribution in [3.05, 3.63) is 63.1 Å². The first-order valence-corrected chi connectivity index (χ1v) is 8.73. The van der Waals surface area contributed by atoms with Gasteiger partial charge in [0, 0.05) is 34.7 Å². The molecule has 2 aromatic rings. The van der Waals surface area contributed by atoms with E-state index in [4.69, 9.17) is 11.6 Å². The molecule has 0 aliphatic heterocycles. The van der Waals surface area contributed by atoms with E-state index in [9.17, 15) is 4.79 Å². The van der Waals surface area contributed by atoms with Gasteiger partial charge in [0.2, 0.25) is 5.91 Å². The number of benzene rings is 2. The molecule has 0 saturated carbocycles. The molecule has 23 heavy (non-hydrogen) atoms. The number of halogens is 2. The zero-order valence-corrected chi connectivity index (χ0v) is 15.4. The lowest BCUT2D eigenvalue weighted by Gasteiger charge is -2.10. The summed E-state index contributed by atoms with van der Waals surface area (Å²) in [4.78, 5) is 11.8. The monoisotopic (exact) mass is 394 g/mol. The number of aryl methyl sites for hydroxylation is 1. The quantitative estimate of drug-likeness (QED) is 0.721. The summed E-state index contributed by atoms with van der Waals surface area (Å²) in [5, 5.41) is 6.95. The van der Waals surface area contributed by atoms with E-state index in [-0.39, 0.29) is 5.91 Å². The fourth-order valence-corrected chi connectivity index (χ4v) is 2.82. The molecule has 3 nitrogen and oxygen atoms in total. The highest BCUT2D eigenvalue weighted by Crippen LogP contribution is 2.19. The molecule has 0 bridgehead atoms. The maximum atomic E-state index is 11.8. The van der Waals surface area contributed by atoms with Crippen LogP contribution in [0.1, 0.15) is 17.5 Å². The Bertz CT molecular complexity index is 659. The number of nitrogens with one attached hydrogen (secondary N) is 2. The molecule has 0 aromatic heterocycles. The van der Waals surface area contributed by atoms with Gasteiger partial charge in [-0.3, -0.25) is 4.79 Å². The summed E-state index contributed by atoms with van der Waals surface area (Å²) in [6.45, 7) is 3.30. The van der Waals surface area contributed by atoms with Crippen LogP contribution in [0, 0.1) is 6.92 Å². The van der Waals surface area contributed by atoms with Crippen LogP contribution in [-0.4, -0.2) is 19.0 Å². The van der Waals surface area contributed by atoms with Crippen LogP contribution in [0.4, 0.5) is 5.69 Å². The largest absolute Gasteiger partial charge is 0.384 e. The molecular weight excluding hydrogens is 376 g/mol. The Balaban J connectivity index is 1.66. The van der Waals surface area contributed by atoms with E-state index in [1.54, 1.807) is 0 Å². The Labute approximate surface area is 150 Å². The van der Waals surface area contributed by atoms with E-state index in [1.807, 2.05) is 43.3 Å². The third kappa shape index (κ3) is 6.24. The van der Waals surface area contributed by atoms with Gasteiger partial charge in [-0.15, -0.1) is 0 Å². The summed E-state index contributed by atoms with van der Waals surface area (Å²) in [6.07, 6.45) is 1.26. The van der Waals surface area contributed by atoms with Crippen molar-refractivity contribution in [2.24, 2.45) is 0 Å². The van der Waals surface area contributed by atoms with Crippen molar-refractivity contribution in [3.63, 3.8) is 0 Å². The summed E-state index contributed by atoms with van der Waals surface area (Å²) >= 11 is 9.28. The van der Waals surface area contributed by atoms with Gasteiger partial charge in [-0.25, -0.2) is 0 Å². The maximum absolute atomic E-state index is 11.8. The number of rotatable bonds is 7. The lowest BCUT2D eigenvalue weighted by molar-refractivity contribution is -0.120. The van der Waals surface area contributed by atoms with Crippen molar-refractivity contribution in [1.82, 2.24) is 5.32 Å².